The van der Waals surface area contributed by atoms with E-state index in [0.29, 0.717) is 0 Å². The highest BCUT2D eigenvalue weighted by Gasteiger charge is 2.48. The number of anilines is 2. The van der Waals surface area contributed by atoms with Gasteiger partial charge in [0, 0.05) is 47.8 Å². The SMILES string of the molecule is N#Cc1ccnc(N2C(=O)CCC2C(=O)N(c2ccc(Br)c(F)c2)[C@H](C(=O)NC2CC(F)(F)C2)c2ccccc2Cl)c1. The molecule has 216 valence electrons. The normalized spacial score (nSPS) is 18.6. The molecule has 2 fully saturated rings. The largest absolute Gasteiger partial charge is 0.351 e. The van der Waals surface area contributed by atoms with Gasteiger partial charge in [0.25, 0.3) is 11.8 Å². The maximum absolute atomic E-state index is 14.9. The number of hydrogen-bond donors (Lipinski definition) is 1. The summed E-state index contributed by atoms with van der Waals surface area (Å²) in [5, 5.41) is 12.0. The third-order valence-corrected chi connectivity index (χ3v) is 8.17. The first-order valence-electron chi connectivity index (χ1n) is 12.9. The van der Waals surface area contributed by atoms with E-state index >= 15 is 0 Å². The highest BCUT2D eigenvalue weighted by atomic mass is 79.9. The van der Waals surface area contributed by atoms with Crippen molar-refractivity contribution in [2.45, 2.75) is 49.7 Å². The number of alkyl halides is 2. The van der Waals surface area contributed by atoms with Gasteiger partial charge in [0.1, 0.15) is 23.7 Å². The van der Waals surface area contributed by atoms with Crippen molar-refractivity contribution in [1.29, 1.82) is 5.26 Å². The number of amides is 3. The van der Waals surface area contributed by atoms with Gasteiger partial charge in [0.05, 0.1) is 16.1 Å². The van der Waals surface area contributed by atoms with Crippen LogP contribution in [0.3, 0.4) is 0 Å². The number of hydrogen-bond acceptors (Lipinski definition) is 5. The Labute approximate surface area is 252 Å². The lowest BCUT2D eigenvalue weighted by Crippen LogP contribution is -2.56. The fourth-order valence-electron chi connectivity index (χ4n) is 5.16. The third kappa shape index (κ3) is 5.84. The van der Waals surface area contributed by atoms with Crippen LogP contribution in [0.4, 0.5) is 24.7 Å². The second kappa shape index (κ2) is 11.7. The summed E-state index contributed by atoms with van der Waals surface area (Å²) < 4.78 is 42.2. The van der Waals surface area contributed by atoms with E-state index in [0.717, 1.165) is 15.9 Å². The Morgan fingerprint density at radius 1 is 1.19 bits per heavy atom. The number of nitriles is 1. The molecule has 1 aromatic heterocycles. The van der Waals surface area contributed by atoms with Crippen LogP contribution in [0, 0.1) is 17.1 Å². The zero-order valence-corrected chi connectivity index (χ0v) is 24.1. The summed E-state index contributed by atoms with van der Waals surface area (Å²) in [7, 11) is 0. The van der Waals surface area contributed by atoms with Gasteiger partial charge >= 0.3 is 0 Å². The Morgan fingerprint density at radius 2 is 1.93 bits per heavy atom. The molecule has 1 saturated heterocycles. The minimum Gasteiger partial charge on any atom is -0.351 e. The lowest BCUT2D eigenvalue weighted by Gasteiger charge is -2.39. The Bertz CT molecular complexity index is 1610. The molecule has 1 N–H and O–H groups in total. The minimum absolute atomic E-state index is 0.0299. The number of benzene rings is 2. The maximum atomic E-state index is 14.9. The molecule has 2 aliphatic rings. The number of nitrogens with one attached hydrogen (secondary N) is 1. The zero-order chi connectivity index (χ0) is 30.2. The molecule has 5 rings (SSSR count). The lowest BCUT2D eigenvalue weighted by atomic mass is 9.87. The Balaban J connectivity index is 1.62. The predicted octanol–water partition coefficient (Wildman–Crippen LogP) is 5.69. The van der Waals surface area contributed by atoms with Crippen LogP contribution >= 0.6 is 27.5 Å². The molecular formula is C29H22BrClF3N5O3. The van der Waals surface area contributed by atoms with E-state index in [9.17, 15) is 32.8 Å². The first-order valence-corrected chi connectivity index (χ1v) is 14.0. The van der Waals surface area contributed by atoms with Crippen molar-refractivity contribution >= 4 is 56.8 Å². The Kier molecular flexibility index (Phi) is 8.25. The van der Waals surface area contributed by atoms with Gasteiger partial charge in [-0.05, 0) is 58.7 Å². The number of nitrogens with zero attached hydrogens (tertiary/aromatic N) is 4. The second-order valence-electron chi connectivity index (χ2n) is 10.0. The molecule has 13 heteroatoms. The van der Waals surface area contributed by atoms with Crippen LogP contribution in [-0.2, 0) is 14.4 Å². The van der Waals surface area contributed by atoms with Gasteiger partial charge in [-0.25, -0.2) is 18.2 Å². The quantitative estimate of drug-likeness (QED) is 0.351. The summed E-state index contributed by atoms with van der Waals surface area (Å²) >= 11 is 9.59. The van der Waals surface area contributed by atoms with E-state index in [-0.39, 0.29) is 45.0 Å². The minimum atomic E-state index is -2.92. The van der Waals surface area contributed by atoms with Gasteiger partial charge < -0.3 is 5.32 Å². The fraction of sp³-hybridized carbons (Fsp3) is 0.276. The van der Waals surface area contributed by atoms with Gasteiger partial charge in [0.2, 0.25) is 11.8 Å². The van der Waals surface area contributed by atoms with E-state index < -0.39 is 60.4 Å². The lowest BCUT2D eigenvalue weighted by molar-refractivity contribution is -0.133. The van der Waals surface area contributed by atoms with Crippen LogP contribution in [0.2, 0.25) is 5.02 Å². The highest BCUT2D eigenvalue weighted by Crippen LogP contribution is 2.40. The molecule has 1 aliphatic carbocycles. The van der Waals surface area contributed by atoms with Crippen LogP contribution in [-0.4, -0.2) is 40.7 Å². The van der Waals surface area contributed by atoms with Gasteiger partial charge in [-0.1, -0.05) is 29.8 Å². The van der Waals surface area contributed by atoms with Crippen molar-refractivity contribution in [2.75, 3.05) is 9.80 Å². The van der Waals surface area contributed by atoms with Crippen molar-refractivity contribution < 1.29 is 27.6 Å². The first-order chi connectivity index (χ1) is 20.0. The smallest absolute Gasteiger partial charge is 0.252 e. The number of carbonyl (C=O) groups is 3. The highest BCUT2D eigenvalue weighted by molar-refractivity contribution is 9.10. The molecule has 1 unspecified atom stereocenters. The van der Waals surface area contributed by atoms with E-state index in [1.165, 1.54) is 42.6 Å². The Hall–Kier alpha value is -3.95. The molecule has 42 heavy (non-hydrogen) atoms. The zero-order valence-electron chi connectivity index (χ0n) is 21.7. The van der Waals surface area contributed by atoms with Crippen molar-refractivity contribution in [1.82, 2.24) is 10.3 Å². The van der Waals surface area contributed by atoms with Crippen LogP contribution in [0.1, 0.15) is 42.9 Å². The van der Waals surface area contributed by atoms with Crippen LogP contribution in [0.25, 0.3) is 0 Å². The first kappa shape index (κ1) is 29.5. The maximum Gasteiger partial charge on any atom is 0.252 e. The third-order valence-electron chi connectivity index (χ3n) is 7.18. The average Bonchev–Trinajstić information content (AvgIpc) is 3.33. The molecule has 0 bridgehead atoms. The molecule has 1 saturated carbocycles. The molecule has 3 aromatic rings. The Morgan fingerprint density at radius 3 is 2.60 bits per heavy atom. The monoisotopic (exact) mass is 659 g/mol. The molecule has 3 amide bonds. The summed E-state index contributed by atoms with van der Waals surface area (Å²) in [5.41, 5.74) is 0.348. The van der Waals surface area contributed by atoms with Crippen LogP contribution < -0.4 is 15.1 Å². The number of halogens is 5. The number of aromatic nitrogens is 1. The van der Waals surface area contributed by atoms with E-state index in [4.69, 9.17) is 11.6 Å². The van der Waals surface area contributed by atoms with Crippen molar-refractivity contribution in [3.8, 4) is 6.07 Å². The summed E-state index contributed by atoms with van der Waals surface area (Å²) in [5.74, 6) is -5.59. The van der Waals surface area contributed by atoms with E-state index in [1.807, 2.05) is 6.07 Å². The van der Waals surface area contributed by atoms with E-state index in [2.05, 4.69) is 26.2 Å². The van der Waals surface area contributed by atoms with E-state index in [1.54, 1.807) is 12.1 Å². The average molecular weight is 661 g/mol. The summed E-state index contributed by atoms with van der Waals surface area (Å²) in [6.45, 7) is 0. The molecule has 0 radical (unpaired) electrons. The van der Waals surface area contributed by atoms with Gasteiger partial charge in [0.15, 0.2) is 0 Å². The fourth-order valence-corrected chi connectivity index (χ4v) is 5.65. The standard InChI is InChI=1S/C29H22BrClF3N5O3/c30-20-6-5-18(12-22(20)32)38(28(42)23-7-8-25(40)39(23)24-11-16(15-35)9-10-36-24)26(19-3-1-2-4-21(19)31)27(41)37-17-13-29(33,34)14-17/h1-6,9-12,17,23,26H,7-8,13-14H2,(H,37,41)/t23?,26-/m0/s1. The van der Waals surface area contributed by atoms with Crippen molar-refractivity contribution in [3.63, 3.8) is 0 Å². The number of carbonyl (C=O) groups excluding carboxylic acids is 3. The molecule has 2 atom stereocenters. The predicted molar refractivity (Wildman–Crippen MR) is 151 cm³/mol. The topological polar surface area (TPSA) is 106 Å². The summed E-state index contributed by atoms with van der Waals surface area (Å²) in [4.78, 5) is 47.7. The number of rotatable bonds is 7. The second-order valence-corrected chi connectivity index (χ2v) is 11.3. The number of pyridine rings is 1. The van der Waals surface area contributed by atoms with Crippen molar-refractivity contribution in [3.05, 3.63) is 87.2 Å². The molecule has 1 aliphatic heterocycles. The van der Waals surface area contributed by atoms with Gasteiger partial charge in [-0.2, -0.15) is 5.26 Å². The molecule has 0 spiro atoms. The molecule has 2 heterocycles. The van der Waals surface area contributed by atoms with Crippen LogP contribution in [0.15, 0.2) is 65.3 Å². The van der Waals surface area contributed by atoms with Crippen LogP contribution in [0.5, 0.6) is 0 Å². The summed E-state index contributed by atoms with van der Waals surface area (Å²) in [6.07, 6.45) is 0.202. The van der Waals surface area contributed by atoms with Crippen molar-refractivity contribution in [2.24, 2.45) is 0 Å². The summed E-state index contributed by atoms with van der Waals surface area (Å²) in [6, 6.07) is 11.3. The van der Waals surface area contributed by atoms with Gasteiger partial charge in [-0.15, -0.1) is 0 Å². The van der Waals surface area contributed by atoms with Gasteiger partial charge in [-0.3, -0.25) is 24.2 Å². The molecule has 2 aromatic carbocycles. The molecule has 8 nitrogen and oxygen atoms in total. The molecular weight excluding hydrogens is 639 g/mol.